The number of fused-ring (bicyclic) bond motifs is 1. The molecule has 0 aliphatic carbocycles. The minimum absolute atomic E-state index is 0.284. The average Bonchev–Trinajstić information content (AvgIpc) is 2.70. The molecule has 0 radical (unpaired) electrons. The third-order valence-electron chi connectivity index (χ3n) is 4.87. The molecule has 0 heterocycles. The highest BCUT2D eigenvalue weighted by atomic mass is 35.5. The first-order valence-corrected chi connectivity index (χ1v) is 10.2. The third kappa shape index (κ3) is 5.49. The van der Waals surface area contributed by atoms with Crippen LogP contribution in [0.1, 0.15) is 31.4 Å². The summed E-state index contributed by atoms with van der Waals surface area (Å²) in [6, 6.07) is 19.0. The quantitative estimate of drug-likeness (QED) is 0.477. The molecule has 152 valence electrons. The molecule has 0 aromatic heterocycles. The van der Waals surface area contributed by atoms with Crippen LogP contribution in [0.2, 0.25) is 5.02 Å². The van der Waals surface area contributed by atoms with Crippen LogP contribution >= 0.6 is 11.6 Å². The predicted molar refractivity (Wildman–Crippen MR) is 117 cm³/mol. The summed E-state index contributed by atoms with van der Waals surface area (Å²) in [5, 5.41) is 15.6. The lowest BCUT2D eigenvalue weighted by Crippen LogP contribution is -2.37. The van der Waals surface area contributed by atoms with Crippen LogP contribution in [0.15, 0.2) is 60.7 Å². The number of carboxylic acid groups (broad SMARTS) is 1. The summed E-state index contributed by atoms with van der Waals surface area (Å²) >= 11 is 6.25. The van der Waals surface area contributed by atoms with Crippen LogP contribution in [0.5, 0.6) is 5.75 Å². The van der Waals surface area contributed by atoms with E-state index in [1.165, 1.54) is 0 Å². The van der Waals surface area contributed by atoms with Gasteiger partial charge in [-0.15, -0.1) is 0 Å². The van der Waals surface area contributed by atoms with Crippen molar-refractivity contribution < 1.29 is 14.6 Å². The van der Waals surface area contributed by atoms with E-state index in [2.05, 4.69) is 5.32 Å². The molecule has 5 heteroatoms. The van der Waals surface area contributed by atoms with E-state index in [4.69, 9.17) is 16.3 Å². The zero-order valence-corrected chi connectivity index (χ0v) is 17.4. The zero-order valence-electron chi connectivity index (χ0n) is 16.7. The second kappa shape index (κ2) is 9.77. The lowest BCUT2D eigenvalue weighted by Gasteiger charge is -2.19. The number of carboxylic acids is 1. The number of rotatable bonds is 9. The molecule has 0 bridgehead atoms. The molecule has 4 nitrogen and oxygen atoms in total. The number of aliphatic carboxylic acids is 1. The Hall–Kier alpha value is -2.56. The summed E-state index contributed by atoms with van der Waals surface area (Å²) in [5.74, 6) is 0.175. The lowest BCUT2D eigenvalue weighted by molar-refractivity contribution is -0.140. The number of hydrogen-bond donors (Lipinski definition) is 2. The fourth-order valence-corrected chi connectivity index (χ4v) is 3.56. The van der Waals surface area contributed by atoms with Crippen molar-refractivity contribution in [3.05, 3.63) is 76.8 Å². The van der Waals surface area contributed by atoms with Crippen molar-refractivity contribution in [3.63, 3.8) is 0 Å². The summed E-state index contributed by atoms with van der Waals surface area (Å²) in [4.78, 5) is 11.6. The van der Waals surface area contributed by atoms with E-state index >= 15 is 0 Å². The lowest BCUT2D eigenvalue weighted by atomic mass is 10.0. The molecule has 0 fully saturated rings. The molecule has 0 saturated heterocycles. The molecule has 3 aromatic rings. The van der Waals surface area contributed by atoms with Crippen molar-refractivity contribution in [2.45, 2.75) is 39.5 Å². The van der Waals surface area contributed by atoms with E-state index in [1.807, 2.05) is 74.5 Å². The highest BCUT2D eigenvalue weighted by Crippen LogP contribution is 2.29. The largest absolute Gasteiger partial charge is 0.488 e. The van der Waals surface area contributed by atoms with Crippen molar-refractivity contribution in [3.8, 4) is 5.75 Å². The van der Waals surface area contributed by atoms with Gasteiger partial charge in [-0.1, -0.05) is 74.0 Å². The Morgan fingerprint density at radius 1 is 1.07 bits per heavy atom. The minimum Gasteiger partial charge on any atom is -0.488 e. The Labute approximate surface area is 176 Å². The first-order chi connectivity index (χ1) is 14.0. The molecule has 0 saturated carbocycles. The molecule has 1 unspecified atom stereocenters. The third-order valence-corrected chi connectivity index (χ3v) is 5.24. The molecule has 3 aromatic carbocycles. The Bertz CT molecular complexity index is 987. The van der Waals surface area contributed by atoms with Gasteiger partial charge in [0.1, 0.15) is 18.4 Å². The van der Waals surface area contributed by atoms with Gasteiger partial charge < -0.3 is 15.2 Å². The van der Waals surface area contributed by atoms with E-state index < -0.39 is 12.0 Å². The summed E-state index contributed by atoms with van der Waals surface area (Å²) in [6.07, 6.45) is 0.565. The van der Waals surface area contributed by atoms with Crippen LogP contribution < -0.4 is 10.1 Å². The van der Waals surface area contributed by atoms with Gasteiger partial charge in [-0.05, 0) is 35.2 Å². The number of benzene rings is 3. The van der Waals surface area contributed by atoms with E-state index in [0.717, 1.165) is 27.6 Å². The van der Waals surface area contributed by atoms with Crippen LogP contribution in [0.4, 0.5) is 0 Å². The topological polar surface area (TPSA) is 58.6 Å². The van der Waals surface area contributed by atoms with E-state index in [1.54, 1.807) is 0 Å². The number of carbonyl (C=O) groups is 1. The Balaban J connectivity index is 1.87. The first kappa shape index (κ1) is 21.2. The molecule has 2 N–H and O–H groups in total. The van der Waals surface area contributed by atoms with Gasteiger partial charge in [0.2, 0.25) is 0 Å². The second-order valence-corrected chi connectivity index (χ2v) is 7.95. The summed E-state index contributed by atoms with van der Waals surface area (Å²) < 4.78 is 6.11. The standard InChI is InChI=1S/C24H26ClNO3/c1-16(2)13-22(24(27)28)26-14-20-19-9-5-3-7-17(19)11-12-23(20)29-15-18-8-4-6-10-21(18)25/h3-12,16,22,26H,13-15H2,1-2H3,(H,27,28). The average molecular weight is 412 g/mol. The molecule has 0 amide bonds. The molecule has 1 atom stereocenters. The van der Waals surface area contributed by atoms with Crippen molar-refractivity contribution >= 4 is 28.3 Å². The normalized spacial score (nSPS) is 12.3. The van der Waals surface area contributed by atoms with Crippen LogP contribution in [0.25, 0.3) is 10.8 Å². The van der Waals surface area contributed by atoms with Gasteiger partial charge >= 0.3 is 5.97 Å². The monoisotopic (exact) mass is 411 g/mol. The van der Waals surface area contributed by atoms with Crippen LogP contribution in [0.3, 0.4) is 0 Å². The van der Waals surface area contributed by atoms with Crippen molar-refractivity contribution in [1.82, 2.24) is 5.32 Å². The van der Waals surface area contributed by atoms with E-state index in [0.29, 0.717) is 24.6 Å². The van der Waals surface area contributed by atoms with Crippen LogP contribution in [0, 0.1) is 5.92 Å². The molecule has 3 rings (SSSR count). The number of ether oxygens (including phenoxy) is 1. The smallest absolute Gasteiger partial charge is 0.320 e. The first-order valence-electron chi connectivity index (χ1n) is 9.78. The maximum absolute atomic E-state index is 11.6. The molecular weight excluding hydrogens is 386 g/mol. The summed E-state index contributed by atoms with van der Waals surface area (Å²) in [6.45, 7) is 4.80. The van der Waals surface area contributed by atoms with Gasteiger partial charge in [0.25, 0.3) is 0 Å². The maximum atomic E-state index is 11.6. The zero-order chi connectivity index (χ0) is 20.8. The van der Waals surface area contributed by atoms with Gasteiger partial charge in [-0.2, -0.15) is 0 Å². The molecule has 0 aliphatic heterocycles. The highest BCUT2D eigenvalue weighted by molar-refractivity contribution is 6.31. The molecule has 0 aliphatic rings. The number of halogens is 1. The second-order valence-electron chi connectivity index (χ2n) is 7.54. The maximum Gasteiger partial charge on any atom is 0.320 e. The van der Waals surface area contributed by atoms with Crippen molar-refractivity contribution in [2.24, 2.45) is 5.92 Å². The SMILES string of the molecule is CC(C)CC(NCc1c(OCc2ccccc2Cl)ccc2ccccc12)C(=O)O. The Morgan fingerprint density at radius 2 is 1.79 bits per heavy atom. The number of nitrogens with one attached hydrogen (secondary N) is 1. The van der Waals surface area contributed by atoms with Crippen molar-refractivity contribution in [1.29, 1.82) is 0 Å². The van der Waals surface area contributed by atoms with E-state index in [9.17, 15) is 9.90 Å². The van der Waals surface area contributed by atoms with E-state index in [-0.39, 0.29) is 5.92 Å². The van der Waals surface area contributed by atoms with Gasteiger partial charge in [0, 0.05) is 22.7 Å². The van der Waals surface area contributed by atoms with Gasteiger partial charge in [0.15, 0.2) is 0 Å². The Morgan fingerprint density at radius 3 is 2.52 bits per heavy atom. The fourth-order valence-electron chi connectivity index (χ4n) is 3.37. The molecule has 29 heavy (non-hydrogen) atoms. The molecule has 0 spiro atoms. The highest BCUT2D eigenvalue weighted by Gasteiger charge is 2.19. The summed E-state index contributed by atoms with van der Waals surface area (Å²) in [5.41, 5.74) is 1.86. The van der Waals surface area contributed by atoms with Gasteiger partial charge in [0.05, 0.1) is 0 Å². The fraction of sp³-hybridized carbons (Fsp3) is 0.292. The van der Waals surface area contributed by atoms with Crippen LogP contribution in [-0.2, 0) is 17.9 Å². The predicted octanol–water partition coefficient (Wildman–Crippen LogP) is 5.66. The van der Waals surface area contributed by atoms with Crippen molar-refractivity contribution in [2.75, 3.05) is 0 Å². The van der Waals surface area contributed by atoms with Crippen LogP contribution in [-0.4, -0.2) is 17.1 Å². The van der Waals surface area contributed by atoms with Gasteiger partial charge in [-0.3, -0.25) is 4.79 Å². The molecular formula is C24H26ClNO3. The summed E-state index contributed by atoms with van der Waals surface area (Å²) in [7, 11) is 0. The Kier molecular flexibility index (Phi) is 7.13. The minimum atomic E-state index is -0.836. The van der Waals surface area contributed by atoms with Gasteiger partial charge in [-0.25, -0.2) is 0 Å². The number of hydrogen-bond acceptors (Lipinski definition) is 3.